The van der Waals surface area contributed by atoms with Gasteiger partial charge in [-0.1, -0.05) is 24.3 Å². The van der Waals surface area contributed by atoms with E-state index >= 15 is 0 Å². The highest BCUT2D eigenvalue weighted by molar-refractivity contribution is 5.81. The van der Waals surface area contributed by atoms with Gasteiger partial charge in [-0.3, -0.25) is 33.4 Å². The number of pyridine rings is 4. The van der Waals surface area contributed by atoms with E-state index in [1.54, 1.807) is 16.0 Å². The summed E-state index contributed by atoms with van der Waals surface area (Å²) in [6.45, 7) is 21.0. The number of Topliss-reactive ketones (excluding diaryl/α,β-unsaturated/α-hetero) is 1. The summed E-state index contributed by atoms with van der Waals surface area (Å²) < 4.78 is 15.4. The monoisotopic (exact) mass is 995 g/mol. The predicted molar refractivity (Wildman–Crippen MR) is 283 cm³/mol. The third kappa shape index (κ3) is 11.5. The van der Waals surface area contributed by atoms with Crippen LogP contribution in [0.1, 0.15) is 132 Å². The molecule has 0 spiro atoms. The van der Waals surface area contributed by atoms with E-state index in [0.717, 1.165) is 77.9 Å². The summed E-state index contributed by atoms with van der Waals surface area (Å²) in [5.41, 5.74) is 7.29. The Labute approximate surface area is 430 Å². The van der Waals surface area contributed by atoms with Crippen LogP contribution in [0.2, 0.25) is 0 Å². The molecule has 4 atom stereocenters. The van der Waals surface area contributed by atoms with Crippen molar-refractivity contribution in [1.82, 2.24) is 48.3 Å². The molecule has 4 aliphatic heterocycles. The maximum absolute atomic E-state index is 12.8. The second-order valence-electron chi connectivity index (χ2n) is 22.1. The Morgan fingerprint density at radius 3 is 1.44 bits per heavy atom. The van der Waals surface area contributed by atoms with Gasteiger partial charge in [-0.15, -0.1) is 0 Å². The topological polar surface area (TPSA) is 149 Å². The van der Waals surface area contributed by atoms with E-state index in [4.69, 9.17) is 24.4 Å². The number of piperidine rings is 2. The number of anilines is 2. The molecule has 6 aromatic heterocycles. The molecule has 17 nitrogen and oxygen atoms in total. The Morgan fingerprint density at radius 1 is 0.548 bits per heavy atom. The number of hydrogen-bond donors (Lipinski definition) is 0. The van der Waals surface area contributed by atoms with Crippen LogP contribution in [0, 0.1) is 13.8 Å². The van der Waals surface area contributed by atoms with Crippen molar-refractivity contribution in [2.75, 3.05) is 76.3 Å². The van der Waals surface area contributed by atoms with Crippen LogP contribution in [0.3, 0.4) is 0 Å². The van der Waals surface area contributed by atoms with E-state index in [9.17, 15) is 14.4 Å². The average molecular weight is 995 g/mol. The van der Waals surface area contributed by atoms with Gasteiger partial charge in [0.25, 0.3) is 0 Å². The SMILES string of the molecule is Cc1cccnc1C1CC(=O)CC(c2cn3c(N4CCN(C(=O)OC(C)(C)C)CC4)cccc3n2)N1C.Cc1cccnc1[C@@H]1CCC[C@H](c2cn3c(N4CCN(C(=O)OC(C)(C)C)CC4)cccc3n2)N1C. The number of fused-ring (bicyclic) bond motifs is 2. The fourth-order valence-electron chi connectivity index (χ4n) is 10.9. The summed E-state index contributed by atoms with van der Waals surface area (Å²) in [6.07, 6.45) is 11.7. The quantitative estimate of drug-likeness (QED) is 0.156. The fraction of sp³-hybridized carbons (Fsp3) is 0.518. The number of likely N-dealkylation sites (tertiary alicyclic amines) is 2. The van der Waals surface area contributed by atoms with Crippen LogP contribution in [0.4, 0.5) is 21.2 Å². The van der Waals surface area contributed by atoms with Gasteiger partial charge in [0.05, 0.1) is 46.9 Å². The van der Waals surface area contributed by atoms with Crippen LogP contribution in [0.15, 0.2) is 85.5 Å². The zero-order valence-electron chi connectivity index (χ0n) is 44.5. The number of nitrogens with zero attached hydrogens (tertiary/aromatic N) is 12. The molecule has 4 saturated heterocycles. The van der Waals surface area contributed by atoms with Crippen LogP contribution < -0.4 is 9.80 Å². The second-order valence-corrected chi connectivity index (χ2v) is 22.1. The first-order valence-corrected chi connectivity index (χ1v) is 26.0. The van der Waals surface area contributed by atoms with Gasteiger partial charge in [-0.05, 0) is 136 Å². The number of piperazine rings is 2. The molecule has 0 bridgehead atoms. The van der Waals surface area contributed by atoms with Crippen molar-refractivity contribution in [3.05, 3.63) is 119 Å². The highest BCUT2D eigenvalue weighted by atomic mass is 16.6. The van der Waals surface area contributed by atoms with Crippen molar-refractivity contribution in [3.8, 4) is 0 Å². The number of carbonyl (C=O) groups is 3. The van der Waals surface area contributed by atoms with Crippen molar-refractivity contribution < 1.29 is 23.9 Å². The zero-order valence-corrected chi connectivity index (χ0v) is 44.5. The zero-order chi connectivity index (χ0) is 51.8. The van der Waals surface area contributed by atoms with Gasteiger partial charge in [0.2, 0.25) is 0 Å². The molecule has 0 aliphatic carbocycles. The normalized spacial score (nSPS) is 21.6. The van der Waals surface area contributed by atoms with Crippen molar-refractivity contribution in [3.63, 3.8) is 0 Å². The van der Waals surface area contributed by atoms with Gasteiger partial charge in [0, 0.05) is 90.0 Å². The molecule has 2 unspecified atom stereocenters. The first kappa shape index (κ1) is 51.3. The number of ether oxygens (including phenoxy) is 2. The summed E-state index contributed by atoms with van der Waals surface area (Å²) in [7, 11) is 4.28. The highest BCUT2D eigenvalue weighted by Gasteiger charge is 2.38. The van der Waals surface area contributed by atoms with Crippen LogP contribution in [0.5, 0.6) is 0 Å². The van der Waals surface area contributed by atoms with Crippen LogP contribution in [0.25, 0.3) is 11.3 Å². The molecule has 388 valence electrons. The van der Waals surface area contributed by atoms with Crippen molar-refractivity contribution in [2.45, 2.75) is 123 Å². The van der Waals surface area contributed by atoms with Crippen molar-refractivity contribution in [2.24, 2.45) is 0 Å². The van der Waals surface area contributed by atoms with Gasteiger partial charge in [-0.25, -0.2) is 19.6 Å². The number of rotatable bonds is 6. The van der Waals surface area contributed by atoms with E-state index in [2.05, 4.69) is 97.1 Å². The van der Waals surface area contributed by atoms with Crippen molar-refractivity contribution in [1.29, 1.82) is 0 Å². The molecule has 17 heteroatoms. The Kier molecular flexibility index (Phi) is 14.8. The molecule has 0 aromatic carbocycles. The molecule has 2 amide bonds. The van der Waals surface area contributed by atoms with Gasteiger partial charge in [-0.2, -0.15) is 0 Å². The van der Waals surface area contributed by atoms with E-state index < -0.39 is 11.2 Å². The fourth-order valence-corrected chi connectivity index (χ4v) is 10.9. The highest BCUT2D eigenvalue weighted by Crippen LogP contribution is 2.42. The minimum absolute atomic E-state index is 0.0716. The maximum Gasteiger partial charge on any atom is 0.410 e. The number of imidazole rings is 2. The molecule has 4 fully saturated rings. The van der Waals surface area contributed by atoms with E-state index in [1.807, 2.05) is 85.0 Å². The lowest BCUT2D eigenvalue weighted by Gasteiger charge is -2.39. The molecular formula is C56H74N12O5. The smallest absolute Gasteiger partial charge is 0.410 e. The van der Waals surface area contributed by atoms with Crippen LogP contribution in [-0.2, 0) is 14.3 Å². The first-order valence-electron chi connectivity index (χ1n) is 26.0. The Balaban J connectivity index is 0.000000180. The average Bonchev–Trinajstić information content (AvgIpc) is 4.00. The Hall–Kier alpha value is -6.59. The van der Waals surface area contributed by atoms with E-state index in [-0.39, 0.29) is 36.1 Å². The number of hydrogen-bond acceptors (Lipinski definition) is 13. The third-order valence-electron chi connectivity index (χ3n) is 14.7. The molecule has 0 radical (unpaired) electrons. The lowest BCUT2D eigenvalue weighted by Crippen LogP contribution is -2.50. The number of carbonyl (C=O) groups excluding carboxylic acids is 3. The molecule has 10 heterocycles. The van der Waals surface area contributed by atoms with Crippen molar-refractivity contribution >= 4 is 40.9 Å². The lowest BCUT2D eigenvalue weighted by atomic mass is 9.90. The van der Waals surface area contributed by atoms with Crippen LogP contribution in [-0.4, -0.2) is 144 Å². The van der Waals surface area contributed by atoms with Gasteiger partial charge < -0.3 is 29.1 Å². The molecule has 0 saturated carbocycles. The third-order valence-corrected chi connectivity index (χ3v) is 14.7. The number of ketones is 1. The standard InChI is InChI=1S/C28H36N6O3.C28H38N6O2/c1-19-8-7-11-29-26(19)23-17-20(35)16-22(31(23)5)21-18-34-24(30-21)9-6-10-25(34)32-12-14-33(15-13-32)27(36)37-28(2,3)4;1-20-9-8-14-29-26(20)23-11-6-10-22(31(23)5)21-19-34-24(30-21)12-7-13-25(34)32-15-17-33(18-16-32)27(35)36-28(2,3)4/h6-11,18,22-23H,12-17H2,1-5H3;7-9,12-14,19,22-23H,6,10-11,15-18H2,1-5H3/t;22-,23+/m.1/s1. The summed E-state index contributed by atoms with van der Waals surface area (Å²) >= 11 is 0. The number of aryl methyl sites for hydroxylation is 2. The van der Waals surface area contributed by atoms with Gasteiger partial charge >= 0.3 is 12.2 Å². The van der Waals surface area contributed by atoms with Crippen LogP contribution >= 0.6 is 0 Å². The Bertz CT molecular complexity index is 2920. The maximum atomic E-state index is 12.8. The second kappa shape index (κ2) is 21.1. The summed E-state index contributed by atoms with van der Waals surface area (Å²) in [5.74, 6) is 2.38. The Morgan fingerprint density at radius 2 is 0.973 bits per heavy atom. The van der Waals surface area contributed by atoms with E-state index in [0.29, 0.717) is 58.2 Å². The number of aromatic nitrogens is 6. The minimum Gasteiger partial charge on any atom is -0.444 e. The molecule has 0 N–H and O–H groups in total. The summed E-state index contributed by atoms with van der Waals surface area (Å²) in [5, 5.41) is 0. The van der Waals surface area contributed by atoms with Gasteiger partial charge in [0.1, 0.15) is 39.9 Å². The van der Waals surface area contributed by atoms with Gasteiger partial charge in [0.15, 0.2) is 0 Å². The lowest BCUT2D eigenvalue weighted by molar-refractivity contribution is -0.125. The summed E-state index contributed by atoms with van der Waals surface area (Å²) in [6, 6.07) is 20.9. The number of amides is 2. The molecule has 6 aromatic rings. The first-order chi connectivity index (χ1) is 34.8. The minimum atomic E-state index is -0.505. The summed E-state index contributed by atoms with van der Waals surface area (Å²) in [4.78, 5) is 70.1. The van der Waals surface area contributed by atoms with E-state index in [1.165, 1.54) is 11.3 Å². The molecular weight excluding hydrogens is 921 g/mol. The molecule has 73 heavy (non-hydrogen) atoms. The predicted octanol–water partition coefficient (Wildman–Crippen LogP) is 9.16. The molecule has 10 rings (SSSR count). The largest absolute Gasteiger partial charge is 0.444 e. The molecule has 4 aliphatic rings.